The number of benzene rings is 1. The molecular weight excluding hydrogens is 324 g/mol. The molecule has 1 heterocycles. The van der Waals surface area contributed by atoms with Crippen LogP contribution in [0.1, 0.15) is 77.1 Å². The van der Waals surface area contributed by atoms with Gasteiger partial charge in [-0.1, -0.05) is 51.0 Å². The smallest absolute Gasteiger partial charge is 0.315 e. The number of hydrogen-bond acceptors (Lipinski definition) is 3. The summed E-state index contributed by atoms with van der Waals surface area (Å²) in [5.74, 6) is 1.64. The molecule has 0 atom stereocenters. The zero-order chi connectivity index (χ0) is 18.6. The van der Waals surface area contributed by atoms with Crippen molar-refractivity contribution in [2.24, 2.45) is 5.92 Å². The van der Waals surface area contributed by atoms with Crippen LogP contribution >= 0.6 is 0 Å². The Labute approximate surface area is 156 Å². The number of carbonyl (C=O) groups is 1. The Morgan fingerprint density at radius 2 is 1.88 bits per heavy atom. The summed E-state index contributed by atoms with van der Waals surface area (Å²) < 4.78 is 5.24. The lowest BCUT2D eigenvalue weighted by molar-refractivity contribution is -0.148. The Morgan fingerprint density at radius 3 is 2.58 bits per heavy atom. The fraction of sp³-hybridized carbons (Fsp3) is 0.636. The Morgan fingerprint density at radius 1 is 1.19 bits per heavy atom. The maximum Gasteiger partial charge on any atom is 0.315 e. The van der Waals surface area contributed by atoms with Crippen molar-refractivity contribution < 1.29 is 9.53 Å². The van der Waals surface area contributed by atoms with Gasteiger partial charge in [0.1, 0.15) is 5.82 Å². The molecule has 1 fully saturated rings. The molecule has 0 bridgehead atoms. The van der Waals surface area contributed by atoms with E-state index in [2.05, 4.69) is 11.1 Å². The number of nitrogens with zero attached hydrogens (tertiary/aromatic N) is 1. The maximum atomic E-state index is 12.3. The van der Waals surface area contributed by atoms with E-state index in [-0.39, 0.29) is 5.97 Å². The summed E-state index contributed by atoms with van der Waals surface area (Å²) in [7, 11) is 0. The molecule has 3 rings (SSSR count). The highest BCUT2D eigenvalue weighted by Crippen LogP contribution is 2.29. The summed E-state index contributed by atoms with van der Waals surface area (Å²) in [6.07, 6.45) is 10.5. The molecule has 1 aliphatic carbocycles. The molecule has 1 saturated carbocycles. The number of hydrogen-bond donors (Lipinski definition) is 1. The Balaban J connectivity index is 1.77. The maximum absolute atomic E-state index is 12.3. The predicted octanol–water partition coefficient (Wildman–Crippen LogP) is 5.31. The molecule has 1 aliphatic rings. The molecule has 4 heteroatoms. The van der Waals surface area contributed by atoms with Gasteiger partial charge in [-0.15, -0.1) is 0 Å². The molecule has 0 amide bonds. The van der Waals surface area contributed by atoms with Crippen LogP contribution < -0.4 is 0 Å². The number of imidazole rings is 1. The Kier molecular flexibility index (Phi) is 6.00. The van der Waals surface area contributed by atoms with Crippen molar-refractivity contribution in [2.45, 2.75) is 77.6 Å². The first kappa shape index (κ1) is 18.9. The van der Waals surface area contributed by atoms with Crippen LogP contribution in [0.3, 0.4) is 0 Å². The summed E-state index contributed by atoms with van der Waals surface area (Å²) in [5.41, 5.74) is 2.30. The third-order valence-electron chi connectivity index (χ3n) is 5.75. The summed E-state index contributed by atoms with van der Waals surface area (Å²) in [4.78, 5) is 20.6. The van der Waals surface area contributed by atoms with Crippen molar-refractivity contribution in [3.05, 3.63) is 29.6 Å². The van der Waals surface area contributed by atoms with Gasteiger partial charge >= 0.3 is 5.97 Å². The molecule has 1 aromatic heterocycles. The molecule has 1 N–H and O–H groups in total. The minimum absolute atomic E-state index is 0.186. The highest BCUT2D eigenvalue weighted by Gasteiger charge is 2.31. The van der Waals surface area contributed by atoms with Gasteiger partial charge in [0.2, 0.25) is 0 Å². The predicted molar refractivity (Wildman–Crippen MR) is 105 cm³/mol. The van der Waals surface area contributed by atoms with Gasteiger partial charge in [0.15, 0.2) is 0 Å². The summed E-state index contributed by atoms with van der Waals surface area (Å²) in [6.45, 7) is 6.07. The van der Waals surface area contributed by atoms with Gasteiger partial charge in [-0.3, -0.25) is 4.79 Å². The number of aromatic nitrogens is 2. The number of rotatable bonds is 5. The van der Waals surface area contributed by atoms with Gasteiger partial charge < -0.3 is 9.72 Å². The molecule has 0 aliphatic heterocycles. The van der Waals surface area contributed by atoms with E-state index in [0.717, 1.165) is 34.8 Å². The van der Waals surface area contributed by atoms with Gasteiger partial charge in [0, 0.05) is 6.42 Å². The van der Waals surface area contributed by atoms with Gasteiger partial charge in [-0.25, -0.2) is 4.98 Å². The van der Waals surface area contributed by atoms with E-state index in [9.17, 15) is 4.79 Å². The number of H-pyrrole nitrogens is 1. The quantitative estimate of drug-likeness (QED) is 0.739. The summed E-state index contributed by atoms with van der Waals surface area (Å²) >= 11 is 0. The fourth-order valence-electron chi connectivity index (χ4n) is 4.00. The SMILES string of the molecule is CCOC(=O)C(C)(C)c1ccc2nc(CC3CCCCCCC3)[nH]c2c1. The average Bonchev–Trinajstić information content (AvgIpc) is 2.98. The molecule has 0 saturated heterocycles. The molecule has 0 spiro atoms. The number of nitrogens with one attached hydrogen (secondary N) is 1. The zero-order valence-corrected chi connectivity index (χ0v) is 16.4. The number of fused-ring (bicyclic) bond motifs is 1. The molecule has 0 radical (unpaired) electrons. The van der Waals surface area contributed by atoms with Crippen LogP contribution in [0.2, 0.25) is 0 Å². The van der Waals surface area contributed by atoms with E-state index in [0.29, 0.717) is 6.61 Å². The van der Waals surface area contributed by atoms with Crippen molar-refractivity contribution in [1.29, 1.82) is 0 Å². The lowest BCUT2D eigenvalue weighted by Gasteiger charge is -2.22. The minimum Gasteiger partial charge on any atom is -0.465 e. The largest absolute Gasteiger partial charge is 0.465 e. The minimum atomic E-state index is -0.658. The standard InChI is InChI=1S/C22H32N2O2/c1-4-26-21(25)22(2,3)17-12-13-18-19(15-17)24-20(23-18)14-16-10-8-6-5-7-9-11-16/h12-13,15-16H,4-11,14H2,1-3H3,(H,23,24). The first-order valence-electron chi connectivity index (χ1n) is 10.2. The van der Waals surface area contributed by atoms with E-state index in [1.54, 1.807) is 0 Å². The second-order valence-electron chi connectivity index (χ2n) is 8.18. The third kappa shape index (κ3) is 4.28. The second-order valence-corrected chi connectivity index (χ2v) is 8.18. The van der Waals surface area contributed by atoms with Gasteiger partial charge in [0.25, 0.3) is 0 Å². The highest BCUT2D eigenvalue weighted by atomic mass is 16.5. The second kappa shape index (κ2) is 8.24. The van der Waals surface area contributed by atoms with E-state index in [1.165, 1.54) is 44.9 Å². The first-order chi connectivity index (χ1) is 12.5. The van der Waals surface area contributed by atoms with Crippen LogP contribution in [-0.4, -0.2) is 22.5 Å². The van der Waals surface area contributed by atoms with Gasteiger partial charge in [-0.05, 0) is 44.4 Å². The van der Waals surface area contributed by atoms with Crippen molar-refractivity contribution in [1.82, 2.24) is 9.97 Å². The summed E-state index contributed by atoms with van der Waals surface area (Å²) in [5, 5.41) is 0. The Hall–Kier alpha value is -1.84. The lowest BCUT2D eigenvalue weighted by atomic mass is 9.84. The van der Waals surface area contributed by atoms with Crippen molar-refractivity contribution in [2.75, 3.05) is 6.61 Å². The van der Waals surface area contributed by atoms with Crippen molar-refractivity contribution in [3.63, 3.8) is 0 Å². The summed E-state index contributed by atoms with van der Waals surface area (Å²) in [6, 6.07) is 6.07. The molecule has 0 unspecified atom stereocenters. The molecule has 4 nitrogen and oxygen atoms in total. The third-order valence-corrected chi connectivity index (χ3v) is 5.75. The normalized spacial score (nSPS) is 17.0. The number of esters is 1. The van der Waals surface area contributed by atoms with Gasteiger partial charge in [0.05, 0.1) is 23.1 Å². The zero-order valence-electron chi connectivity index (χ0n) is 16.4. The lowest BCUT2D eigenvalue weighted by Crippen LogP contribution is -2.31. The molecule has 1 aromatic carbocycles. The van der Waals surface area contributed by atoms with Crippen LogP contribution in [0.15, 0.2) is 18.2 Å². The molecule has 26 heavy (non-hydrogen) atoms. The van der Waals surface area contributed by atoms with E-state index < -0.39 is 5.41 Å². The fourth-order valence-corrected chi connectivity index (χ4v) is 4.00. The first-order valence-corrected chi connectivity index (χ1v) is 10.2. The van der Waals surface area contributed by atoms with Crippen molar-refractivity contribution in [3.8, 4) is 0 Å². The topological polar surface area (TPSA) is 55.0 Å². The average molecular weight is 357 g/mol. The number of aromatic amines is 1. The van der Waals surface area contributed by atoms with Crippen LogP contribution in [0.5, 0.6) is 0 Å². The van der Waals surface area contributed by atoms with Gasteiger partial charge in [-0.2, -0.15) is 0 Å². The van der Waals surface area contributed by atoms with Crippen LogP contribution in [0.25, 0.3) is 11.0 Å². The number of ether oxygens (including phenoxy) is 1. The molecule has 2 aromatic rings. The van der Waals surface area contributed by atoms with Crippen LogP contribution in [0, 0.1) is 5.92 Å². The molecular formula is C22H32N2O2. The highest BCUT2D eigenvalue weighted by molar-refractivity contribution is 5.85. The van der Waals surface area contributed by atoms with E-state index >= 15 is 0 Å². The Bertz CT molecular complexity index is 740. The van der Waals surface area contributed by atoms with Crippen LogP contribution in [-0.2, 0) is 21.4 Å². The monoisotopic (exact) mass is 356 g/mol. The van der Waals surface area contributed by atoms with Crippen LogP contribution in [0.4, 0.5) is 0 Å². The molecule has 142 valence electrons. The van der Waals surface area contributed by atoms with E-state index in [1.807, 2.05) is 32.9 Å². The van der Waals surface area contributed by atoms with E-state index in [4.69, 9.17) is 9.72 Å². The number of carbonyl (C=O) groups excluding carboxylic acids is 1. The van der Waals surface area contributed by atoms with Crippen molar-refractivity contribution >= 4 is 17.0 Å².